The molecule has 0 atom stereocenters. The first-order valence-corrected chi connectivity index (χ1v) is 7.26. The third-order valence-corrected chi connectivity index (χ3v) is 3.47. The molecule has 0 saturated carbocycles. The van der Waals surface area contributed by atoms with Crippen LogP contribution in [0.2, 0.25) is 0 Å². The number of rotatable bonds is 5. The van der Waals surface area contributed by atoms with Crippen molar-refractivity contribution in [3.63, 3.8) is 0 Å². The maximum absolute atomic E-state index is 14.1. The Morgan fingerprint density at radius 1 is 1.30 bits per heavy atom. The summed E-state index contributed by atoms with van der Waals surface area (Å²) in [6, 6.07) is 6.18. The van der Waals surface area contributed by atoms with Gasteiger partial charge in [0.2, 0.25) is 0 Å². The SMILES string of the molecule is CCOC(=O)c1cc(C(C)=O)n(C)c1Nc1ccc(C)cc1F. The first kappa shape index (κ1) is 16.7. The number of anilines is 2. The number of benzene rings is 1. The Balaban J connectivity index is 2.50. The van der Waals surface area contributed by atoms with E-state index in [1.54, 1.807) is 33.0 Å². The van der Waals surface area contributed by atoms with Crippen molar-refractivity contribution in [3.05, 3.63) is 46.9 Å². The largest absolute Gasteiger partial charge is 0.462 e. The minimum atomic E-state index is -0.564. The fourth-order valence-electron chi connectivity index (χ4n) is 2.31. The van der Waals surface area contributed by atoms with E-state index in [9.17, 15) is 14.0 Å². The van der Waals surface area contributed by atoms with Crippen LogP contribution in [0.3, 0.4) is 0 Å². The number of aromatic nitrogens is 1. The van der Waals surface area contributed by atoms with Gasteiger partial charge in [0.15, 0.2) is 5.78 Å². The Bertz CT molecular complexity index is 765. The van der Waals surface area contributed by atoms with Crippen molar-refractivity contribution < 1.29 is 18.7 Å². The van der Waals surface area contributed by atoms with Crippen molar-refractivity contribution in [1.82, 2.24) is 4.57 Å². The molecular formula is C17H19FN2O3. The van der Waals surface area contributed by atoms with Crippen LogP contribution in [-0.2, 0) is 11.8 Å². The average molecular weight is 318 g/mol. The number of Topliss-reactive ketones (excluding diaryl/α,β-unsaturated/α-hetero) is 1. The molecule has 0 aliphatic carbocycles. The number of hydrogen-bond acceptors (Lipinski definition) is 4. The number of ketones is 1. The number of ether oxygens (including phenoxy) is 1. The van der Waals surface area contributed by atoms with Gasteiger partial charge >= 0.3 is 5.97 Å². The number of aryl methyl sites for hydroxylation is 1. The molecule has 0 spiro atoms. The molecule has 0 saturated heterocycles. The van der Waals surface area contributed by atoms with Gasteiger partial charge in [-0.25, -0.2) is 9.18 Å². The summed E-state index contributed by atoms with van der Waals surface area (Å²) >= 11 is 0. The Morgan fingerprint density at radius 2 is 2.00 bits per heavy atom. The standard InChI is InChI=1S/C17H19FN2O3/c1-5-23-17(22)12-9-15(11(3)21)20(4)16(12)19-14-7-6-10(2)8-13(14)18/h6-9,19H,5H2,1-4H3. The van der Waals surface area contributed by atoms with E-state index >= 15 is 0 Å². The second-order valence-corrected chi connectivity index (χ2v) is 5.24. The fraction of sp³-hybridized carbons (Fsp3) is 0.294. The van der Waals surface area contributed by atoms with E-state index in [-0.39, 0.29) is 23.6 Å². The Morgan fingerprint density at radius 3 is 2.57 bits per heavy atom. The lowest BCUT2D eigenvalue weighted by Crippen LogP contribution is -2.09. The van der Waals surface area contributed by atoms with Crippen molar-refractivity contribution in [2.45, 2.75) is 20.8 Å². The molecule has 2 aromatic rings. The normalized spacial score (nSPS) is 10.5. The summed E-state index contributed by atoms with van der Waals surface area (Å²) in [6.45, 7) is 5.09. The summed E-state index contributed by atoms with van der Waals surface area (Å²) in [7, 11) is 1.63. The topological polar surface area (TPSA) is 60.3 Å². The van der Waals surface area contributed by atoms with Crippen molar-refractivity contribution in [3.8, 4) is 0 Å². The number of carbonyl (C=O) groups excluding carboxylic acids is 2. The van der Waals surface area contributed by atoms with Crippen LogP contribution in [0.15, 0.2) is 24.3 Å². The van der Waals surface area contributed by atoms with Gasteiger partial charge in [-0.2, -0.15) is 0 Å². The average Bonchev–Trinajstić information content (AvgIpc) is 2.80. The minimum absolute atomic E-state index is 0.194. The van der Waals surface area contributed by atoms with Crippen LogP contribution in [0, 0.1) is 12.7 Å². The van der Waals surface area contributed by atoms with E-state index in [0.29, 0.717) is 11.5 Å². The highest BCUT2D eigenvalue weighted by atomic mass is 19.1. The van der Waals surface area contributed by atoms with E-state index in [1.807, 2.05) is 0 Å². The summed E-state index contributed by atoms with van der Waals surface area (Å²) in [5.41, 5.74) is 1.54. The molecule has 5 nitrogen and oxygen atoms in total. The smallest absolute Gasteiger partial charge is 0.341 e. The van der Waals surface area contributed by atoms with Gasteiger partial charge in [-0.1, -0.05) is 6.07 Å². The number of esters is 1. The third-order valence-electron chi connectivity index (χ3n) is 3.47. The quantitative estimate of drug-likeness (QED) is 0.676. The van der Waals surface area contributed by atoms with Crippen LogP contribution in [0.25, 0.3) is 0 Å². The maximum Gasteiger partial charge on any atom is 0.341 e. The molecule has 122 valence electrons. The Hall–Kier alpha value is -2.63. The lowest BCUT2D eigenvalue weighted by Gasteiger charge is -2.12. The first-order chi connectivity index (χ1) is 10.8. The van der Waals surface area contributed by atoms with E-state index in [2.05, 4.69) is 5.32 Å². The Labute approximate surface area is 134 Å². The molecule has 0 radical (unpaired) electrons. The van der Waals surface area contributed by atoms with Gasteiger partial charge in [-0.3, -0.25) is 4.79 Å². The summed E-state index contributed by atoms with van der Waals surface area (Å²) < 4.78 is 20.6. The van der Waals surface area contributed by atoms with Gasteiger partial charge in [0.25, 0.3) is 0 Å². The zero-order chi connectivity index (χ0) is 17.1. The predicted molar refractivity (Wildman–Crippen MR) is 85.8 cm³/mol. The highest BCUT2D eigenvalue weighted by Crippen LogP contribution is 2.27. The summed E-state index contributed by atoms with van der Waals surface area (Å²) in [4.78, 5) is 23.8. The van der Waals surface area contributed by atoms with Gasteiger partial charge in [0.05, 0.1) is 18.0 Å². The minimum Gasteiger partial charge on any atom is -0.462 e. The number of halogens is 1. The molecule has 6 heteroatoms. The Kier molecular flexibility index (Phi) is 4.83. The highest BCUT2D eigenvalue weighted by Gasteiger charge is 2.22. The van der Waals surface area contributed by atoms with Crippen LogP contribution in [-0.4, -0.2) is 22.9 Å². The van der Waals surface area contributed by atoms with Crippen molar-refractivity contribution in [1.29, 1.82) is 0 Å². The second kappa shape index (κ2) is 6.64. The second-order valence-electron chi connectivity index (χ2n) is 5.24. The van der Waals surface area contributed by atoms with E-state index in [0.717, 1.165) is 5.56 Å². The predicted octanol–water partition coefficient (Wildman–Crippen LogP) is 3.60. The molecular weight excluding hydrogens is 299 g/mol. The van der Waals surface area contributed by atoms with E-state index < -0.39 is 11.8 Å². The van der Waals surface area contributed by atoms with Crippen LogP contribution in [0.1, 0.15) is 40.3 Å². The molecule has 0 bridgehead atoms. The zero-order valence-corrected chi connectivity index (χ0v) is 13.6. The van der Waals surface area contributed by atoms with Gasteiger partial charge in [0, 0.05) is 14.0 Å². The molecule has 23 heavy (non-hydrogen) atoms. The molecule has 1 N–H and O–H groups in total. The first-order valence-electron chi connectivity index (χ1n) is 7.26. The van der Waals surface area contributed by atoms with Crippen LogP contribution >= 0.6 is 0 Å². The van der Waals surface area contributed by atoms with Crippen molar-refractivity contribution in [2.24, 2.45) is 7.05 Å². The van der Waals surface area contributed by atoms with Gasteiger partial charge < -0.3 is 14.6 Å². The third kappa shape index (κ3) is 3.41. The molecule has 0 unspecified atom stereocenters. The molecule has 0 aliphatic rings. The van der Waals surface area contributed by atoms with Gasteiger partial charge in [0.1, 0.15) is 17.2 Å². The lowest BCUT2D eigenvalue weighted by molar-refractivity contribution is 0.0527. The lowest BCUT2D eigenvalue weighted by atomic mass is 10.2. The molecule has 1 aromatic heterocycles. The molecule has 0 aliphatic heterocycles. The molecule has 2 rings (SSSR count). The van der Waals surface area contributed by atoms with Crippen molar-refractivity contribution >= 4 is 23.3 Å². The number of nitrogens with one attached hydrogen (secondary N) is 1. The maximum atomic E-state index is 14.1. The number of carbonyl (C=O) groups is 2. The van der Waals surface area contributed by atoms with Gasteiger partial charge in [-0.15, -0.1) is 0 Å². The van der Waals surface area contributed by atoms with Crippen LogP contribution < -0.4 is 5.32 Å². The highest BCUT2D eigenvalue weighted by molar-refractivity contribution is 6.02. The number of hydrogen-bond donors (Lipinski definition) is 1. The van der Waals surface area contributed by atoms with E-state index in [4.69, 9.17) is 4.74 Å². The zero-order valence-electron chi connectivity index (χ0n) is 13.6. The van der Waals surface area contributed by atoms with Gasteiger partial charge in [-0.05, 0) is 37.6 Å². The van der Waals surface area contributed by atoms with Crippen LogP contribution in [0.5, 0.6) is 0 Å². The van der Waals surface area contributed by atoms with Crippen LogP contribution in [0.4, 0.5) is 15.9 Å². The molecule has 0 fully saturated rings. The summed E-state index contributed by atoms with van der Waals surface area (Å²) in [5, 5.41) is 2.89. The van der Waals surface area contributed by atoms with Crippen molar-refractivity contribution in [2.75, 3.05) is 11.9 Å². The molecule has 1 aromatic carbocycles. The molecule has 0 amide bonds. The summed E-state index contributed by atoms with van der Waals surface area (Å²) in [5.74, 6) is -0.886. The molecule has 1 heterocycles. The number of nitrogens with zero attached hydrogens (tertiary/aromatic N) is 1. The van der Waals surface area contributed by atoms with E-state index in [1.165, 1.54) is 23.6 Å². The monoisotopic (exact) mass is 318 g/mol. The fourth-order valence-corrected chi connectivity index (χ4v) is 2.31. The summed E-state index contributed by atoms with van der Waals surface area (Å²) in [6.07, 6.45) is 0.